The largest absolute Gasteiger partial charge is 0.497 e. The van der Waals surface area contributed by atoms with E-state index in [1.165, 1.54) is 0 Å². The van der Waals surface area contributed by atoms with Crippen LogP contribution in [0, 0.1) is 0 Å². The second-order valence-corrected chi connectivity index (χ2v) is 6.77. The minimum absolute atomic E-state index is 0.389. The zero-order chi connectivity index (χ0) is 19.2. The molecule has 7 heteroatoms. The van der Waals surface area contributed by atoms with E-state index in [4.69, 9.17) is 15.2 Å². The number of benzene rings is 2. The molecule has 0 saturated carbocycles. The lowest BCUT2D eigenvalue weighted by Crippen LogP contribution is -2.24. The smallest absolute Gasteiger partial charge is 0.173 e. The molecule has 0 aliphatic heterocycles. The topological polar surface area (TPSA) is 73.5 Å². The van der Waals surface area contributed by atoms with Crippen molar-refractivity contribution in [2.75, 3.05) is 24.9 Å². The van der Waals surface area contributed by atoms with Gasteiger partial charge in [-0.2, -0.15) is 0 Å². The zero-order valence-electron chi connectivity index (χ0n) is 15.2. The standard InChI is InChI=1S/C20H21BrN4O2/c1-26-16-7-3-14(4-8-16)12-25(20-19(22)23-11-18(21)24-20)13-15-5-9-17(27-2)10-6-15/h3-11H,12-13H2,1-2H3,(H2,22,23). The van der Waals surface area contributed by atoms with E-state index >= 15 is 0 Å². The molecule has 2 N–H and O–H groups in total. The molecule has 0 fully saturated rings. The Morgan fingerprint density at radius 2 is 1.37 bits per heavy atom. The molecular weight excluding hydrogens is 408 g/mol. The first-order valence-corrected chi connectivity index (χ1v) is 9.17. The third-order valence-corrected chi connectivity index (χ3v) is 4.50. The summed E-state index contributed by atoms with van der Waals surface area (Å²) in [5.41, 5.74) is 8.35. The zero-order valence-corrected chi connectivity index (χ0v) is 16.8. The van der Waals surface area contributed by atoms with Crippen LogP contribution < -0.4 is 20.1 Å². The fourth-order valence-corrected chi connectivity index (χ4v) is 2.98. The normalized spacial score (nSPS) is 10.5. The molecule has 0 saturated heterocycles. The Kier molecular flexibility index (Phi) is 6.13. The van der Waals surface area contributed by atoms with Gasteiger partial charge in [-0.15, -0.1) is 0 Å². The van der Waals surface area contributed by atoms with Crippen LogP contribution >= 0.6 is 15.9 Å². The molecule has 6 nitrogen and oxygen atoms in total. The number of halogens is 1. The van der Waals surface area contributed by atoms with Crippen molar-refractivity contribution in [2.45, 2.75) is 13.1 Å². The van der Waals surface area contributed by atoms with Gasteiger partial charge < -0.3 is 20.1 Å². The molecule has 0 spiro atoms. The summed E-state index contributed by atoms with van der Waals surface area (Å²) in [7, 11) is 3.31. The van der Waals surface area contributed by atoms with E-state index in [0.717, 1.165) is 22.6 Å². The van der Waals surface area contributed by atoms with Crippen LogP contribution in [0.4, 0.5) is 11.6 Å². The Labute approximate surface area is 167 Å². The fourth-order valence-electron chi connectivity index (χ4n) is 2.71. The molecule has 27 heavy (non-hydrogen) atoms. The minimum atomic E-state index is 0.389. The van der Waals surface area contributed by atoms with E-state index in [1.54, 1.807) is 20.4 Å². The lowest BCUT2D eigenvalue weighted by molar-refractivity contribution is 0.414. The Hall–Kier alpha value is -2.80. The maximum atomic E-state index is 6.11. The lowest BCUT2D eigenvalue weighted by atomic mass is 10.1. The second-order valence-electron chi connectivity index (χ2n) is 5.95. The van der Waals surface area contributed by atoms with Crippen LogP contribution in [0.2, 0.25) is 0 Å². The average Bonchev–Trinajstić information content (AvgIpc) is 2.70. The van der Waals surface area contributed by atoms with Gasteiger partial charge in [0.05, 0.1) is 20.4 Å². The highest BCUT2D eigenvalue weighted by Crippen LogP contribution is 2.25. The minimum Gasteiger partial charge on any atom is -0.497 e. The lowest BCUT2D eigenvalue weighted by Gasteiger charge is -2.25. The SMILES string of the molecule is COc1ccc(CN(Cc2ccc(OC)cc2)c2nc(Br)cnc2N)cc1. The first-order chi connectivity index (χ1) is 13.1. The van der Waals surface area contributed by atoms with Gasteiger partial charge in [0.25, 0.3) is 0 Å². The molecule has 0 aliphatic rings. The Bertz CT molecular complexity index is 836. The number of aromatic nitrogens is 2. The highest BCUT2D eigenvalue weighted by atomic mass is 79.9. The van der Waals surface area contributed by atoms with Gasteiger partial charge in [0, 0.05) is 13.1 Å². The van der Waals surface area contributed by atoms with Crippen LogP contribution in [-0.2, 0) is 13.1 Å². The predicted octanol–water partition coefficient (Wildman–Crippen LogP) is 4.05. The molecule has 0 bridgehead atoms. The van der Waals surface area contributed by atoms with Crippen molar-refractivity contribution in [1.82, 2.24) is 9.97 Å². The molecule has 0 amide bonds. The monoisotopic (exact) mass is 428 g/mol. The molecular formula is C20H21BrN4O2. The molecule has 0 atom stereocenters. The molecule has 140 valence electrons. The van der Waals surface area contributed by atoms with Crippen LogP contribution in [0.3, 0.4) is 0 Å². The summed E-state index contributed by atoms with van der Waals surface area (Å²) in [6.45, 7) is 1.26. The number of methoxy groups -OCH3 is 2. The van der Waals surface area contributed by atoms with E-state index in [2.05, 4.69) is 30.8 Å². The number of rotatable bonds is 7. The molecule has 1 aromatic heterocycles. The van der Waals surface area contributed by atoms with Crippen molar-refractivity contribution in [3.05, 3.63) is 70.5 Å². The van der Waals surface area contributed by atoms with E-state index in [9.17, 15) is 0 Å². The van der Waals surface area contributed by atoms with E-state index in [0.29, 0.717) is 29.3 Å². The van der Waals surface area contributed by atoms with Crippen LogP contribution in [0.5, 0.6) is 11.5 Å². The number of ether oxygens (including phenoxy) is 2. The van der Waals surface area contributed by atoms with E-state index in [1.807, 2.05) is 48.5 Å². The van der Waals surface area contributed by atoms with Crippen molar-refractivity contribution in [1.29, 1.82) is 0 Å². The number of hydrogen-bond donors (Lipinski definition) is 1. The molecule has 0 unspecified atom stereocenters. The van der Waals surface area contributed by atoms with Crippen molar-refractivity contribution in [3.63, 3.8) is 0 Å². The van der Waals surface area contributed by atoms with E-state index in [-0.39, 0.29) is 0 Å². The Morgan fingerprint density at radius 1 is 0.889 bits per heavy atom. The van der Waals surface area contributed by atoms with Crippen LogP contribution in [-0.4, -0.2) is 24.2 Å². The van der Waals surface area contributed by atoms with Gasteiger partial charge in [-0.3, -0.25) is 0 Å². The summed E-state index contributed by atoms with van der Waals surface area (Å²) in [5.74, 6) is 2.67. The predicted molar refractivity (Wildman–Crippen MR) is 110 cm³/mol. The van der Waals surface area contributed by atoms with Crippen LogP contribution in [0.25, 0.3) is 0 Å². The highest BCUT2D eigenvalue weighted by Gasteiger charge is 2.15. The Balaban J connectivity index is 1.90. The van der Waals surface area contributed by atoms with Gasteiger partial charge in [0.2, 0.25) is 0 Å². The van der Waals surface area contributed by atoms with Gasteiger partial charge in [-0.1, -0.05) is 24.3 Å². The van der Waals surface area contributed by atoms with Crippen molar-refractivity contribution < 1.29 is 9.47 Å². The summed E-state index contributed by atoms with van der Waals surface area (Å²) in [6.07, 6.45) is 1.60. The number of nitrogens with two attached hydrogens (primary N) is 1. The summed E-state index contributed by atoms with van der Waals surface area (Å²) < 4.78 is 11.1. The first-order valence-electron chi connectivity index (χ1n) is 8.38. The number of nitrogens with zero attached hydrogens (tertiary/aromatic N) is 3. The molecule has 2 aromatic carbocycles. The first kappa shape index (κ1) is 19.0. The van der Waals surface area contributed by atoms with Gasteiger partial charge >= 0.3 is 0 Å². The summed E-state index contributed by atoms with van der Waals surface area (Å²) in [6, 6.07) is 15.9. The third-order valence-electron chi connectivity index (χ3n) is 4.12. The van der Waals surface area contributed by atoms with Gasteiger partial charge in [-0.25, -0.2) is 9.97 Å². The summed E-state index contributed by atoms with van der Waals surface area (Å²) >= 11 is 3.38. The summed E-state index contributed by atoms with van der Waals surface area (Å²) in [5, 5.41) is 0. The number of hydrogen-bond acceptors (Lipinski definition) is 6. The maximum Gasteiger partial charge on any atom is 0.173 e. The molecule has 0 aliphatic carbocycles. The molecule has 0 radical (unpaired) electrons. The van der Waals surface area contributed by atoms with Crippen molar-refractivity contribution >= 4 is 27.6 Å². The molecule has 3 rings (SSSR count). The fraction of sp³-hybridized carbons (Fsp3) is 0.200. The highest BCUT2D eigenvalue weighted by molar-refractivity contribution is 9.10. The van der Waals surface area contributed by atoms with Gasteiger partial charge in [-0.05, 0) is 51.3 Å². The van der Waals surface area contributed by atoms with Crippen molar-refractivity contribution in [2.24, 2.45) is 0 Å². The Morgan fingerprint density at radius 3 is 1.81 bits per heavy atom. The average molecular weight is 429 g/mol. The van der Waals surface area contributed by atoms with E-state index < -0.39 is 0 Å². The quantitative estimate of drug-likeness (QED) is 0.611. The van der Waals surface area contributed by atoms with Gasteiger partial charge in [0.15, 0.2) is 11.6 Å². The molecule has 1 heterocycles. The number of anilines is 2. The molecule has 3 aromatic rings. The second kappa shape index (κ2) is 8.73. The van der Waals surface area contributed by atoms with Crippen LogP contribution in [0.1, 0.15) is 11.1 Å². The third kappa shape index (κ3) is 4.89. The summed E-state index contributed by atoms with van der Waals surface area (Å²) in [4.78, 5) is 10.9. The van der Waals surface area contributed by atoms with Gasteiger partial charge in [0.1, 0.15) is 16.1 Å². The number of nitrogen functional groups attached to an aromatic ring is 1. The van der Waals surface area contributed by atoms with Crippen molar-refractivity contribution in [3.8, 4) is 11.5 Å². The maximum absolute atomic E-state index is 6.11. The van der Waals surface area contributed by atoms with Crippen LogP contribution in [0.15, 0.2) is 59.3 Å².